The molecule has 2 aromatic carbocycles. The van der Waals surface area contributed by atoms with Crippen LogP contribution in [0, 0.1) is 6.92 Å². The second-order valence-corrected chi connectivity index (χ2v) is 5.64. The third-order valence-corrected chi connectivity index (χ3v) is 3.59. The lowest BCUT2D eigenvalue weighted by atomic mass is 10.2. The monoisotopic (exact) mass is 332 g/mol. The number of nitrogens with zero attached hydrogens (tertiary/aromatic N) is 2. The van der Waals surface area contributed by atoms with Crippen molar-refractivity contribution in [2.45, 2.75) is 6.92 Å². The number of aromatic nitrogens is 1. The Morgan fingerprint density at radius 1 is 0.960 bits per heavy atom. The molecule has 0 radical (unpaired) electrons. The number of hydrogen-bond acceptors (Lipinski definition) is 4. The highest BCUT2D eigenvalue weighted by atomic mass is 16.2. The standard InChI is InChI=1S/C20H20N4O/c1-16-12-17(14-21-13-16)23-20(25)15-22-24(18-8-4-2-5-9-18)19-10-6-3-7-11-19/h2-14,22H,15H2,1H3,(H,23,25). The van der Waals surface area contributed by atoms with E-state index in [-0.39, 0.29) is 12.5 Å². The molecular formula is C20H20N4O. The number of nitrogens with one attached hydrogen (secondary N) is 2. The van der Waals surface area contributed by atoms with Crippen molar-refractivity contribution in [2.24, 2.45) is 0 Å². The maximum absolute atomic E-state index is 12.3. The van der Waals surface area contributed by atoms with Crippen LogP contribution < -0.4 is 15.8 Å². The Morgan fingerprint density at radius 2 is 1.56 bits per heavy atom. The number of hydrogen-bond donors (Lipinski definition) is 2. The Hall–Kier alpha value is -3.18. The van der Waals surface area contributed by atoms with E-state index in [2.05, 4.69) is 15.7 Å². The minimum atomic E-state index is -0.135. The SMILES string of the molecule is Cc1cncc(NC(=O)CNN(c2ccccc2)c2ccccc2)c1. The Bertz CT molecular complexity index is 782. The molecule has 0 aliphatic heterocycles. The van der Waals surface area contributed by atoms with Gasteiger partial charge in [-0.05, 0) is 42.8 Å². The highest BCUT2D eigenvalue weighted by molar-refractivity contribution is 5.92. The first-order chi connectivity index (χ1) is 12.2. The fraction of sp³-hybridized carbons (Fsp3) is 0.100. The zero-order valence-corrected chi connectivity index (χ0v) is 14.0. The number of carbonyl (C=O) groups is 1. The fourth-order valence-corrected chi connectivity index (χ4v) is 2.47. The molecule has 0 fully saturated rings. The molecule has 0 atom stereocenters. The molecule has 5 heteroatoms. The summed E-state index contributed by atoms with van der Waals surface area (Å²) in [5.74, 6) is -0.135. The highest BCUT2D eigenvalue weighted by Crippen LogP contribution is 2.22. The summed E-state index contributed by atoms with van der Waals surface area (Å²) in [5, 5.41) is 4.75. The van der Waals surface area contributed by atoms with Gasteiger partial charge in [-0.1, -0.05) is 36.4 Å². The molecule has 0 saturated carbocycles. The lowest BCUT2D eigenvalue weighted by Gasteiger charge is -2.25. The lowest BCUT2D eigenvalue weighted by molar-refractivity contribution is -0.115. The second kappa shape index (κ2) is 8.08. The Balaban J connectivity index is 1.70. The van der Waals surface area contributed by atoms with E-state index in [0.29, 0.717) is 5.69 Å². The summed E-state index contributed by atoms with van der Waals surface area (Å²) in [6.45, 7) is 2.07. The molecule has 1 heterocycles. The quantitative estimate of drug-likeness (QED) is 0.676. The van der Waals surface area contributed by atoms with Gasteiger partial charge >= 0.3 is 0 Å². The molecule has 0 aliphatic carbocycles. The van der Waals surface area contributed by atoms with E-state index in [9.17, 15) is 4.79 Å². The first kappa shape index (κ1) is 16.7. The van der Waals surface area contributed by atoms with E-state index in [1.165, 1.54) is 0 Å². The van der Waals surface area contributed by atoms with E-state index in [1.54, 1.807) is 12.4 Å². The van der Waals surface area contributed by atoms with Gasteiger partial charge in [-0.2, -0.15) is 0 Å². The molecule has 5 nitrogen and oxygen atoms in total. The van der Waals surface area contributed by atoms with Crippen molar-refractivity contribution in [1.82, 2.24) is 10.4 Å². The maximum atomic E-state index is 12.3. The number of carbonyl (C=O) groups excluding carboxylic acids is 1. The molecule has 0 aliphatic rings. The van der Waals surface area contributed by atoms with Crippen molar-refractivity contribution in [1.29, 1.82) is 0 Å². The van der Waals surface area contributed by atoms with Crippen LogP contribution in [0.1, 0.15) is 5.56 Å². The van der Waals surface area contributed by atoms with E-state index >= 15 is 0 Å². The molecule has 0 saturated heterocycles. The van der Waals surface area contributed by atoms with E-state index in [1.807, 2.05) is 78.7 Å². The zero-order valence-electron chi connectivity index (χ0n) is 14.0. The summed E-state index contributed by atoms with van der Waals surface area (Å²) >= 11 is 0. The predicted molar refractivity (Wildman–Crippen MR) is 101 cm³/mol. The molecule has 0 spiro atoms. The Kier molecular flexibility index (Phi) is 5.39. The van der Waals surface area contributed by atoms with Gasteiger partial charge in [0, 0.05) is 6.20 Å². The van der Waals surface area contributed by atoms with Crippen LogP contribution >= 0.6 is 0 Å². The smallest absolute Gasteiger partial charge is 0.240 e. The molecule has 3 rings (SSSR count). The van der Waals surface area contributed by atoms with Crippen molar-refractivity contribution < 1.29 is 4.79 Å². The molecule has 0 unspecified atom stereocenters. The van der Waals surface area contributed by atoms with Crippen molar-refractivity contribution >= 4 is 23.0 Å². The largest absolute Gasteiger partial charge is 0.324 e. The van der Waals surface area contributed by atoms with E-state index in [4.69, 9.17) is 0 Å². The van der Waals surface area contributed by atoms with Crippen molar-refractivity contribution in [2.75, 3.05) is 16.9 Å². The van der Waals surface area contributed by atoms with Crippen molar-refractivity contribution in [3.05, 3.63) is 84.7 Å². The second-order valence-electron chi connectivity index (χ2n) is 5.64. The normalized spacial score (nSPS) is 10.3. The summed E-state index contributed by atoms with van der Waals surface area (Å²) in [4.78, 5) is 16.3. The number of pyridine rings is 1. The number of amides is 1. The average molecular weight is 332 g/mol. The summed E-state index contributed by atoms with van der Waals surface area (Å²) < 4.78 is 0. The number of benzene rings is 2. The topological polar surface area (TPSA) is 57.3 Å². The van der Waals surface area contributed by atoms with Gasteiger partial charge in [0.15, 0.2) is 0 Å². The van der Waals surface area contributed by atoms with Gasteiger partial charge in [-0.3, -0.25) is 14.8 Å². The van der Waals surface area contributed by atoms with E-state index < -0.39 is 0 Å². The third-order valence-electron chi connectivity index (χ3n) is 3.59. The van der Waals surface area contributed by atoms with Crippen molar-refractivity contribution in [3.8, 4) is 0 Å². The predicted octanol–water partition coefficient (Wildman–Crippen LogP) is 3.67. The molecule has 1 amide bonds. The number of aryl methyl sites for hydroxylation is 1. The van der Waals surface area contributed by atoms with Gasteiger partial charge in [0.05, 0.1) is 29.8 Å². The molecular weight excluding hydrogens is 312 g/mol. The highest BCUT2D eigenvalue weighted by Gasteiger charge is 2.11. The Morgan fingerprint density at radius 3 is 2.12 bits per heavy atom. The minimum Gasteiger partial charge on any atom is -0.324 e. The fourth-order valence-electron chi connectivity index (χ4n) is 2.47. The average Bonchev–Trinajstić information content (AvgIpc) is 2.64. The number of anilines is 3. The van der Waals surface area contributed by atoms with Gasteiger partial charge < -0.3 is 5.32 Å². The molecule has 0 bridgehead atoms. The van der Waals surface area contributed by atoms with Crippen LogP contribution in [0.25, 0.3) is 0 Å². The first-order valence-electron chi connectivity index (χ1n) is 8.07. The maximum Gasteiger partial charge on any atom is 0.240 e. The Labute approximate surface area is 147 Å². The number of hydrazine groups is 1. The number of para-hydroxylation sites is 2. The lowest BCUT2D eigenvalue weighted by Crippen LogP contribution is -2.39. The summed E-state index contributed by atoms with van der Waals surface area (Å²) in [6, 6.07) is 21.6. The molecule has 126 valence electrons. The van der Waals surface area contributed by atoms with Crippen LogP contribution in [-0.4, -0.2) is 17.4 Å². The molecule has 1 aromatic heterocycles. The van der Waals surface area contributed by atoms with Crippen LogP contribution in [0.5, 0.6) is 0 Å². The third kappa shape index (κ3) is 4.65. The molecule has 25 heavy (non-hydrogen) atoms. The minimum absolute atomic E-state index is 0.135. The van der Waals surface area contributed by atoms with Gasteiger partial charge in [0.25, 0.3) is 0 Å². The first-order valence-corrected chi connectivity index (χ1v) is 8.07. The van der Waals surface area contributed by atoms with Crippen molar-refractivity contribution in [3.63, 3.8) is 0 Å². The van der Waals surface area contributed by atoms with Gasteiger partial charge in [0.1, 0.15) is 0 Å². The van der Waals surface area contributed by atoms with Gasteiger partial charge in [-0.15, -0.1) is 0 Å². The van der Waals surface area contributed by atoms with Crippen LogP contribution in [0.3, 0.4) is 0 Å². The summed E-state index contributed by atoms with van der Waals surface area (Å²) in [5.41, 5.74) is 6.80. The van der Waals surface area contributed by atoms with Crippen LogP contribution in [0.2, 0.25) is 0 Å². The number of rotatable bonds is 6. The zero-order chi connectivity index (χ0) is 17.5. The summed E-state index contributed by atoms with van der Waals surface area (Å²) in [6.07, 6.45) is 3.39. The van der Waals surface area contributed by atoms with Gasteiger partial charge in [0.2, 0.25) is 5.91 Å². The van der Waals surface area contributed by atoms with Crippen LogP contribution in [0.15, 0.2) is 79.1 Å². The van der Waals surface area contributed by atoms with E-state index in [0.717, 1.165) is 16.9 Å². The molecule has 3 aromatic rings. The van der Waals surface area contributed by atoms with Crippen LogP contribution in [-0.2, 0) is 4.79 Å². The molecule has 2 N–H and O–H groups in total. The summed E-state index contributed by atoms with van der Waals surface area (Å²) in [7, 11) is 0. The van der Waals surface area contributed by atoms with Gasteiger partial charge in [-0.25, -0.2) is 5.43 Å². The van der Waals surface area contributed by atoms with Crippen LogP contribution in [0.4, 0.5) is 17.1 Å².